The number of rotatable bonds is 5. The third-order valence-corrected chi connectivity index (χ3v) is 4.83. The lowest BCUT2D eigenvalue weighted by Gasteiger charge is -2.19. The number of nitrogens with one attached hydrogen (secondary N) is 1. The maximum absolute atomic E-state index is 12.8. The third-order valence-electron chi connectivity index (χ3n) is 4.83. The molecule has 2 aromatic carbocycles. The van der Waals surface area contributed by atoms with Crippen molar-refractivity contribution >= 4 is 16.9 Å². The van der Waals surface area contributed by atoms with Crippen molar-refractivity contribution in [1.29, 1.82) is 0 Å². The van der Waals surface area contributed by atoms with Gasteiger partial charge >= 0.3 is 0 Å². The summed E-state index contributed by atoms with van der Waals surface area (Å²) in [6, 6.07) is 15.5. The quantitative estimate of drug-likeness (QED) is 0.591. The molecular formula is C21H21N5O. The van der Waals surface area contributed by atoms with E-state index in [1.165, 1.54) is 0 Å². The molecule has 2 aromatic heterocycles. The van der Waals surface area contributed by atoms with Crippen LogP contribution in [0.1, 0.15) is 31.5 Å². The fourth-order valence-electron chi connectivity index (χ4n) is 3.18. The van der Waals surface area contributed by atoms with Gasteiger partial charge in [-0.05, 0) is 43.7 Å². The van der Waals surface area contributed by atoms with Gasteiger partial charge in [0.25, 0.3) is 0 Å². The fraction of sp³-hybridized carbons (Fsp3) is 0.190. The number of carbonyl (C=O) groups is 1. The van der Waals surface area contributed by atoms with Crippen LogP contribution >= 0.6 is 0 Å². The first kappa shape index (κ1) is 17.0. The lowest BCUT2D eigenvalue weighted by molar-refractivity contribution is -0.124. The summed E-state index contributed by atoms with van der Waals surface area (Å²) >= 11 is 0. The van der Waals surface area contributed by atoms with Gasteiger partial charge in [0.1, 0.15) is 6.04 Å². The zero-order valence-corrected chi connectivity index (χ0v) is 15.3. The van der Waals surface area contributed by atoms with Gasteiger partial charge in [0.05, 0.1) is 29.7 Å². The van der Waals surface area contributed by atoms with Gasteiger partial charge in [-0.1, -0.05) is 24.3 Å². The average Bonchev–Trinajstić information content (AvgIpc) is 3.37. The molecule has 0 aliphatic carbocycles. The van der Waals surface area contributed by atoms with E-state index in [9.17, 15) is 4.79 Å². The zero-order chi connectivity index (χ0) is 18.8. The van der Waals surface area contributed by atoms with E-state index >= 15 is 0 Å². The van der Waals surface area contributed by atoms with Crippen LogP contribution in [0.3, 0.4) is 0 Å². The van der Waals surface area contributed by atoms with Crippen LogP contribution in [0.15, 0.2) is 73.6 Å². The number of hydrogen-bond donors (Lipinski definition) is 1. The topological polar surface area (TPSA) is 64.7 Å². The number of para-hydroxylation sites is 2. The summed E-state index contributed by atoms with van der Waals surface area (Å²) in [4.78, 5) is 21.2. The lowest BCUT2D eigenvalue weighted by atomic mass is 10.1. The minimum Gasteiger partial charge on any atom is -0.348 e. The maximum Gasteiger partial charge on any atom is 0.243 e. The number of imidazole rings is 2. The van der Waals surface area contributed by atoms with Crippen LogP contribution in [0.4, 0.5) is 0 Å². The molecule has 6 nitrogen and oxygen atoms in total. The molecule has 0 aliphatic heterocycles. The molecule has 4 aromatic rings. The molecule has 0 spiro atoms. The highest BCUT2D eigenvalue weighted by Gasteiger charge is 2.19. The van der Waals surface area contributed by atoms with E-state index in [4.69, 9.17) is 0 Å². The molecule has 0 saturated heterocycles. The van der Waals surface area contributed by atoms with E-state index in [1.54, 1.807) is 18.9 Å². The van der Waals surface area contributed by atoms with Crippen LogP contribution in [-0.2, 0) is 4.79 Å². The molecule has 136 valence electrons. The predicted molar refractivity (Wildman–Crippen MR) is 105 cm³/mol. The van der Waals surface area contributed by atoms with Crippen molar-refractivity contribution in [2.24, 2.45) is 0 Å². The molecule has 0 aliphatic rings. The Balaban J connectivity index is 1.47. The smallest absolute Gasteiger partial charge is 0.243 e. The van der Waals surface area contributed by atoms with E-state index < -0.39 is 0 Å². The second-order valence-electron chi connectivity index (χ2n) is 6.61. The molecule has 0 radical (unpaired) electrons. The largest absolute Gasteiger partial charge is 0.348 e. The van der Waals surface area contributed by atoms with E-state index in [2.05, 4.69) is 15.3 Å². The summed E-state index contributed by atoms with van der Waals surface area (Å²) in [6.07, 6.45) is 7.13. The molecule has 0 fully saturated rings. The molecular weight excluding hydrogens is 338 g/mol. The molecule has 1 amide bonds. The van der Waals surface area contributed by atoms with Crippen molar-refractivity contribution in [1.82, 2.24) is 24.4 Å². The van der Waals surface area contributed by atoms with E-state index in [0.29, 0.717) is 0 Å². The highest BCUT2D eigenvalue weighted by Crippen LogP contribution is 2.20. The number of aromatic nitrogens is 4. The summed E-state index contributed by atoms with van der Waals surface area (Å²) in [5, 5.41) is 3.10. The number of amides is 1. The Morgan fingerprint density at radius 2 is 1.81 bits per heavy atom. The lowest BCUT2D eigenvalue weighted by Crippen LogP contribution is -2.32. The Bertz CT molecular complexity index is 1050. The van der Waals surface area contributed by atoms with Crippen LogP contribution in [0.5, 0.6) is 0 Å². The standard InChI is InChI=1S/C21H21N5O/c1-15(17-7-9-18(10-8-17)25-12-11-22-13-25)24-21(27)16(2)26-14-23-19-5-3-4-6-20(19)26/h3-16H,1-2H3,(H,24,27)/t15-,16+/m1/s1. The summed E-state index contributed by atoms with van der Waals surface area (Å²) in [7, 11) is 0. The van der Waals surface area contributed by atoms with Gasteiger partial charge in [-0.25, -0.2) is 9.97 Å². The second-order valence-corrected chi connectivity index (χ2v) is 6.61. The van der Waals surface area contributed by atoms with Crippen LogP contribution in [0.2, 0.25) is 0 Å². The van der Waals surface area contributed by atoms with Gasteiger partial charge in [0.2, 0.25) is 5.91 Å². The normalized spacial score (nSPS) is 13.4. The van der Waals surface area contributed by atoms with Crippen molar-refractivity contribution < 1.29 is 4.79 Å². The van der Waals surface area contributed by atoms with Crippen molar-refractivity contribution in [3.8, 4) is 5.69 Å². The third kappa shape index (κ3) is 3.33. The summed E-state index contributed by atoms with van der Waals surface area (Å²) in [5.41, 5.74) is 3.93. The number of hydrogen-bond acceptors (Lipinski definition) is 3. The first-order chi connectivity index (χ1) is 13.1. The molecule has 27 heavy (non-hydrogen) atoms. The minimum absolute atomic E-state index is 0.0376. The maximum atomic E-state index is 12.8. The summed E-state index contributed by atoms with van der Waals surface area (Å²) < 4.78 is 3.85. The predicted octanol–water partition coefficient (Wildman–Crippen LogP) is 3.66. The van der Waals surface area contributed by atoms with Gasteiger partial charge < -0.3 is 14.5 Å². The van der Waals surface area contributed by atoms with Crippen molar-refractivity contribution in [3.05, 3.63) is 79.1 Å². The first-order valence-electron chi connectivity index (χ1n) is 8.94. The highest BCUT2D eigenvalue weighted by molar-refractivity contribution is 5.83. The number of nitrogens with zero attached hydrogens (tertiary/aromatic N) is 4. The molecule has 1 N–H and O–H groups in total. The highest BCUT2D eigenvalue weighted by atomic mass is 16.2. The summed E-state index contributed by atoms with van der Waals surface area (Å²) in [6.45, 7) is 3.88. The molecule has 0 bridgehead atoms. The molecule has 0 saturated carbocycles. The van der Waals surface area contributed by atoms with Crippen LogP contribution < -0.4 is 5.32 Å². The van der Waals surface area contributed by atoms with Gasteiger partial charge in [-0.2, -0.15) is 0 Å². The molecule has 4 rings (SSSR count). The second kappa shape index (κ2) is 7.07. The minimum atomic E-state index is -0.343. The van der Waals surface area contributed by atoms with Crippen LogP contribution in [-0.4, -0.2) is 25.0 Å². The van der Waals surface area contributed by atoms with Gasteiger partial charge in [0, 0.05) is 18.1 Å². The Hall–Kier alpha value is -3.41. The SMILES string of the molecule is C[C@@H](NC(=O)[C@H](C)n1cnc2ccccc21)c1ccc(-n2ccnc2)cc1. The Morgan fingerprint density at radius 3 is 2.56 bits per heavy atom. The Morgan fingerprint density at radius 1 is 1.04 bits per heavy atom. The van der Waals surface area contributed by atoms with Crippen molar-refractivity contribution in [2.75, 3.05) is 0 Å². The number of fused-ring (bicyclic) bond motifs is 1. The average molecular weight is 359 g/mol. The van der Waals surface area contributed by atoms with Crippen molar-refractivity contribution in [3.63, 3.8) is 0 Å². The molecule has 0 unspecified atom stereocenters. The molecule has 6 heteroatoms. The van der Waals surface area contributed by atoms with Gasteiger partial charge in [-0.15, -0.1) is 0 Å². The van der Waals surface area contributed by atoms with E-state index in [1.807, 2.05) is 77.7 Å². The van der Waals surface area contributed by atoms with Crippen molar-refractivity contribution in [2.45, 2.75) is 25.9 Å². The van der Waals surface area contributed by atoms with Crippen LogP contribution in [0, 0.1) is 0 Å². The fourth-order valence-corrected chi connectivity index (χ4v) is 3.18. The summed E-state index contributed by atoms with van der Waals surface area (Å²) in [5.74, 6) is -0.0376. The van der Waals surface area contributed by atoms with Gasteiger partial charge in [0.15, 0.2) is 0 Å². The molecule has 2 atom stereocenters. The monoisotopic (exact) mass is 359 g/mol. The first-order valence-corrected chi connectivity index (χ1v) is 8.94. The number of benzene rings is 2. The van der Waals surface area contributed by atoms with E-state index in [0.717, 1.165) is 22.3 Å². The van der Waals surface area contributed by atoms with Gasteiger partial charge in [-0.3, -0.25) is 4.79 Å². The number of carbonyl (C=O) groups excluding carboxylic acids is 1. The van der Waals surface area contributed by atoms with Crippen LogP contribution in [0.25, 0.3) is 16.7 Å². The molecule has 2 heterocycles. The Labute approximate surface area is 157 Å². The Kier molecular flexibility index (Phi) is 4.46. The zero-order valence-electron chi connectivity index (χ0n) is 15.3. The van der Waals surface area contributed by atoms with E-state index in [-0.39, 0.29) is 18.0 Å².